The summed E-state index contributed by atoms with van der Waals surface area (Å²) in [5.74, 6) is 0.331. The van der Waals surface area contributed by atoms with E-state index in [1.165, 1.54) is 0 Å². The number of thioether (sulfide) groups is 1. The molecule has 2 fully saturated rings. The highest BCUT2D eigenvalue weighted by molar-refractivity contribution is 7.99. The second-order valence-electron chi connectivity index (χ2n) is 8.46. The molecule has 0 spiro atoms. The van der Waals surface area contributed by atoms with Crippen molar-refractivity contribution in [1.29, 1.82) is 5.26 Å². The van der Waals surface area contributed by atoms with Crippen LogP contribution in [0.3, 0.4) is 0 Å². The van der Waals surface area contributed by atoms with Crippen LogP contribution < -0.4 is 5.32 Å². The molecule has 3 amide bonds. The van der Waals surface area contributed by atoms with E-state index in [9.17, 15) is 14.4 Å². The molecule has 4 rings (SSSR count). The highest BCUT2D eigenvalue weighted by Gasteiger charge is 2.39. The molecule has 2 aliphatic heterocycles. The Kier molecular flexibility index (Phi) is 6.99. The van der Waals surface area contributed by atoms with E-state index in [1.54, 1.807) is 45.8 Å². The lowest BCUT2D eigenvalue weighted by atomic mass is 9.95. The van der Waals surface area contributed by atoms with Crippen molar-refractivity contribution in [3.63, 3.8) is 0 Å². The van der Waals surface area contributed by atoms with Crippen LogP contribution in [-0.2, 0) is 9.59 Å². The van der Waals surface area contributed by atoms with Crippen LogP contribution in [0.1, 0.15) is 34.3 Å². The monoisotopic (exact) mass is 462 g/mol. The summed E-state index contributed by atoms with van der Waals surface area (Å²) >= 11 is 1.55. The highest BCUT2D eigenvalue weighted by Crippen LogP contribution is 2.28. The third-order valence-electron chi connectivity index (χ3n) is 6.11. The molecule has 1 N–H and O–H groups in total. The quantitative estimate of drug-likeness (QED) is 0.753. The van der Waals surface area contributed by atoms with Crippen molar-refractivity contribution >= 4 is 35.2 Å². The van der Waals surface area contributed by atoms with Gasteiger partial charge in [0, 0.05) is 30.1 Å². The number of likely N-dealkylation sites (tertiary alicyclic amines) is 1. The van der Waals surface area contributed by atoms with E-state index in [4.69, 9.17) is 5.26 Å². The maximum atomic E-state index is 13.4. The normalized spacial score (nSPS) is 20.2. The van der Waals surface area contributed by atoms with Crippen LogP contribution in [0.15, 0.2) is 48.5 Å². The minimum Gasteiger partial charge on any atom is -0.338 e. The molecular weight excluding hydrogens is 436 g/mol. The summed E-state index contributed by atoms with van der Waals surface area (Å²) in [6, 6.07) is 15.6. The minimum absolute atomic E-state index is 0.0570. The number of benzene rings is 2. The van der Waals surface area contributed by atoms with Gasteiger partial charge in [0.15, 0.2) is 0 Å². The van der Waals surface area contributed by atoms with Gasteiger partial charge >= 0.3 is 0 Å². The average molecular weight is 463 g/mol. The first-order valence-corrected chi connectivity index (χ1v) is 12.2. The Morgan fingerprint density at radius 1 is 1.09 bits per heavy atom. The topological polar surface area (TPSA) is 93.5 Å². The summed E-state index contributed by atoms with van der Waals surface area (Å²) < 4.78 is 0. The zero-order chi connectivity index (χ0) is 23.4. The first-order chi connectivity index (χ1) is 16.0. The second kappa shape index (κ2) is 10.1. The minimum atomic E-state index is -0.554. The van der Waals surface area contributed by atoms with Crippen LogP contribution >= 0.6 is 11.8 Å². The summed E-state index contributed by atoms with van der Waals surface area (Å²) in [5.41, 5.74) is 2.83. The molecule has 2 aromatic carbocycles. The molecule has 33 heavy (non-hydrogen) atoms. The number of rotatable bonds is 4. The molecule has 2 aromatic rings. The van der Waals surface area contributed by atoms with Crippen LogP contribution in [-0.4, -0.2) is 58.3 Å². The fourth-order valence-corrected chi connectivity index (χ4v) is 5.37. The summed E-state index contributed by atoms with van der Waals surface area (Å²) in [6.45, 7) is 2.98. The number of hydrogen-bond donors (Lipinski definition) is 1. The number of nitriles is 1. The van der Waals surface area contributed by atoms with Gasteiger partial charge in [0.05, 0.1) is 23.4 Å². The van der Waals surface area contributed by atoms with Crippen LogP contribution in [0.2, 0.25) is 0 Å². The van der Waals surface area contributed by atoms with Crippen molar-refractivity contribution < 1.29 is 14.4 Å². The van der Waals surface area contributed by atoms with Gasteiger partial charge in [0.1, 0.15) is 6.04 Å². The fraction of sp³-hybridized carbons (Fsp3) is 0.360. The third-order valence-corrected chi connectivity index (χ3v) is 7.12. The van der Waals surface area contributed by atoms with E-state index in [-0.39, 0.29) is 23.6 Å². The Bertz CT molecular complexity index is 1080. The van der Waals surface area contributed by atoms with E-state index < -0.39 is 6.04 Å². The number of aryl methyl sites for hydroxylation is 1. The number of hydrogen-bond acceptors (Lipinski definition) is 5. The Morgan fingerprint density at radius 3 is 2.52 bits per heavy atom. The molecule has 8 heteroatoms. The standard InChI is InChI=1S/C25H26N4O3S/c1-17-4-8-19(9-5-17)24(31)28-12-2-3-20(14-28)25(32)29-16-33-15-22(29)23(30)27-21-10-6-18(13-26)7-11-21/h4-11,20,22H,2-3,12,14-16H2,1H3,(H,27,30). The van der Waals surface area contributed by atoms with Gasteiger partial charge in [-0.2, -0.15) is 5.26 Å². The Labute approximate surface area is 197 Å². The maximum Gasteiger partial charge on any atom is 0.253 e. The first kappa shape index (κ1) is 22.9. The van der Waals surface area contributed by atoms with Gasteiger partial charge in [0.25, 0.3) is 5.91 Å². The summed E-state index contributed by atoms with van der Waals surface area (Å²) in [6.07, 6.45) is 1.47. The second-order valence-corrected chi connectivity index (χ2v) is 9.46. The number of nitrogens with one attached hydrogen (secondary N) is 1. The molecule has 0 aromatic heterocycles. The predicted molar refractivity (Wildman–Crippen MR) is 128 cm³/mol. The smallest absolute Gasteiger partial charge is 0.253 e. The Balaban J connectivity index is 1.40. The average Bonchev–Trinajstić information content (AvgIpc) is 3.34. The van der Waals surface area contributed by atoms with Crippen molar-refractivity contribution in [2.24, 2.45) is 5.92 Å². The molecule has 2 aliphatic rings. The maximum absolute atomic E-state index is 13.4. The van der Waals surface area contributed by atoms with E-state index in [0.29, 0.717) is 48.0 Å². The van der Waals surface area contributed by atoms with E-state index in [2.05, 4.69) is 5.32 Å². The number of carbonyl (C=O) groups is 3. The molecule has 170 valence electrons. The number of amides is 3. The summed E-state index contributed by atoms with van der Waals surface area (Å²) in [7, 11) is 0. The number of piperidine rings is 1. The zero-order valence-corrected chi connectivity index (χ0v) is 19.3. The number of nitrogens with zero attached hydrogens (tertiary/aromatic N) is 3. The van der Waals surface area contributed by atoms with E-state index >= 15 is 0 Å². The number of anilines is 1. The highest BCUT2D eigenvalue weighted by atomic mass is 32.2. The van der Waals surface area contributed by atoms with Crippen LogP contribution in [0.4, 0.5) is 5.69 Å². The summed E-state index contributed by atoms with van der Waals surface area (Å²) in [5, 5.41) is 11.8. The predicted octanol–water partition coefficient (Wildman–Crippen LogP) is 3.26. The third kappa shape index (κ3) is 5.20. The van der Waals surface area contributed by atoms with Gasteiger partial charge in [-0.15, -0.1) is 11.8 Å². The van der Waals surface area contributed by atoms with Gasteiger partial charge < -0.3 is 15.1 Å². The zero-order valence-electron chi connectivity index (χ0n) is 18.5. The molecule has 2 heterocycles. The largest absolute Gasteiger partial charge is 0.338 e. The molecule has 2 atom stereocenters. The Morgan fingerprint density at radius 2 is 1.82 bits per heavy atom. The van der Waals surface area contributed by atoms with E-state index in [0.717, 1.165) is 12.0 Å². The van der Waals surface area contributed by atoms with Crippen LogP contribution in [0.25, 0.3) is 0 Å². The molecule has 0 radical (unpaired) electrons. The van der Waals surface area contributed by atoms with Gasteiger partial charge in [-0.05, 0) is 56.2 Å². The van der Waals surface area contributed by atoms with Crippen LogP contribution in [0.5, 0.6) is 0 Å². The number of carbonyl (C=O) groups excluding carboxylic acids is 3. The van der Waals surface area contributed by atoms with Crippen molar-refractivity contribution in [3.05, 3.63) is 65.2 Å². The van der Waals surface area contributed by atoms with E-state index in [1.807, 2.05) is 37.3 Å². The molecule has 0 saturated carbocycles. The molecule has 0 bridgehead atoms. The molecule has 2 unspecified atom stereocenters. The lowest BCUT2D eigenvalue weighted by Gasteiger charge is -2.35. The van der Waals surface area contributed by atoms with Gasteiger partial charge in [-0.1, -0.05) is 17.7 Å². The first-order valence-electron chi connectivity index (χ1n) is 11.0. The Hall–Kier alpha value is -3.31. The van der Waals surface area contributed by atoms with Crippen molar-refractivity contribution in [2.75, 3.05) is 30.0 Å². The van der Waals surface area contributed by atoms with Crippen LogP contribution in [0, 0.1) is 24.2 Å². The van der Waals surface area contributed by atoms with Gasteiger partial charge in [-0.3, -0.25) is 14.4 Å². The SMILES string of the molecule is Cc1ccc(C(=O)N2CCCC(C(=O)N3CSCC3C(=O)Nc3ccc(C#N)cc3)C2)cc1. The molecular formula is C25H26N4O3S. The van der Waals surface area contributed by atoms with Crippen molar-refractivity contribution in [3.8, 4) is 6.07 Å². The van der Waals surface area contributed by atoms with Crippen molar-refractivity contribution in [2.45, 2.75) is 25.8 Å². The lowest BCUT2D eigenvalue weighted by Crippen LogP contribution is -2.51. The summed E-state index contributed by atoms with van der Waals surface area (Å²) in [4.78, 5) is 42.6. The molecule has 0 aliphatic carbocycles. The molecule has 7 nitrogen and oxygen atoms in total. The van der Waals surface area contributed by atoms with Gasteiger partial charge in [0.2, 0.25) is 11.8 Å². The van der Waals surface area contributed by atoms with Gasteiger partial charge in [-0.25, -0.2) is 0 Å². The fourth-order valence-electron chi connectivity index (χ4n) is 4.21. The lowest BCUT2D eigenvalue weighted by molar-refractivity contribution is -0.140. The molecule has 2 saturated heterocycles. The van der Waals surface area contributed by atoms with Crippen molar-refractivity contribution in [1.82, 2.24) is 9.80 Å².